The minimum atomic E-state index is 0.257. The molecule has 0 saturated carbocycles. The van der Waals surface area contributed by atoms with Crippen LogP contribution in [-0.4, -0.2) is 25.7 Å². The van der Waals surface area contributed by atoms with Gasteiger partial charge < -0.3 is 10.2 Å². The zero-order valence-corrected chi connectivity index (χ0v) is 12.9. The fourth-order valence-electron chi connectivity index (χ4n) is 3.39. The highest BCUT2D eigenvalue weighted by Gasteiger charge is 2.34. The molecule has 1 unspecified atom stereocenters. The van der Waals surface area contributed by atoms with Crippen LogP contribution in [0.2, 0.25) is 0 Å². The second-order valence-electron chi connectivity index (χ2n) is 6.40. The monoisotopic (exact) mass is 260 g/mol. The molecule has 0 bridgehead atoms. The predicted octanol–water partition coefficient (Wildman–Crippen LogP) is 3.46. The van der Waals surface area contributed by atoms with Crippen LogP contribution in [0.3, 0.4) is 0 Å². The van der Waals surface area contributed by atoms with Gasteiger partial charge in [-0.1, -0.05) is 19.1 Å². The van der Waals surface area contributed by atoms with E-state index in [9.17, 15) is 0 Å². The summed E-state index contributed by atoms with van der Waals surface area (Å²) in [4.78, 5) is 2.58. The van der Waals surface area contributed by atoms with Crippen molar-refractivity contribution in [2.24, 2.45) is 5.92 Å². The minimum absolute atomic E-state index is 0.257. The molecule has 1 aliphatic heterocycles. The summed E-state index contributed by atoms with van der Waals surface area (Å²) in [6.07, 6.45) is 3.68. The zero-order valence-electron chi connectivity index (χ0n) is 12.9. The Hall–Kier alpha value is -1.02. The highest BCUT2D eigenvalue weighted by molar-refractivity contribution is 5.50. The van der Waals surface area contributed by atoms with E-state index in [0.717, 1.165) is 18.9 Å². The van der Waals surface area contributed by atoms with E-state index in [-0.39, 0.29) is 5.54 Å². The first kappa shape index (κ1) is 14.4. The van der Waals surface area contributed by atoms with Crippen molar-refractivity contribution in [1.82, 2.24) is 5.32 Å². The summed E-state index contributed by atoms with van der Waals surface area (Å²) in [5, 5.41) is 3.33. The summed E-state index contributed by atoms with van der Waals surface area (Å²) in [6.45, 7) is 9.28. The molecule has 1 N–H and O–H groups in total. The third-order valence-corrected chi connectivity index (χ3v) is 4.43. The van der Waals surface area contributed by atoms with Crippen LogP contribution in [0, 0.1) is 5.92 Å². The molecule has 0 spiro atoms. The van der Waals surface area contributed by atoms with Gasteiger partial charge in [0.05, 0.1) is 0 Å². The Bertz CT molecular complexity index is 394. The molecule has 0 amide bonds. The number of nitrogens with one attached hydrogen (secondary N) is 1. The highest BCUT2D eigenvalue weighted by Crippen LogP contribution is 2.35. The number of hydrogen-bond acceptors (Lipinski definition) is 2. The Kier molecular flexibility index (Phi) is 4.51. The molecule has 1 atom stereocenters. The van der Waals surface area contributed by atoms with Crippen LogP contribution in [0.25, 0.3) is 0 Å². The van der Waals surface area contributed by atoms with Gasteiger partial charge in [0.1, 0.15) is 0 Å². The highest BCUT2D eigenvalue weighted by atomic mass is 15.2. The SMILES string of the molecule is CCc1ccc(N2CCC(CNC)CC2(C)C)cc1. The van der Waals surface area contributed by atoms with E-state index in [0.29, 0.717) is 0 Å². The first-order valence-electron chi connectivity index (χ1n) is 7.58. The molecule has 0 aromatic heterocycles. The third-order valence-electron chi connectivity index (χ3n) is 4.43. The minimum Gasteiger partial charge on any atom is -0.366 e. The fourth-order valence-corrected chi connectivity index (χ4v) is 3.39. The van der Waals surface area contributed by atoms with Gasteiger partial charge in [0.2, 0.25) is 0 Å². The summed E-state index contributed by atoms with van der Waals surface area (Å²) in [5.74, 6) is 0.811. The van der Waals surface area contributed by atoms with Crippen molar-refractivity contribution in [1.29, 1.82) is 0 Å². The van der Waals surface area contributed by atoms with Gasteiger partial charge in [-0.15, -0.1) is 0 Å². The molecule has 1 saturated heterocycles. The van der Waals surface area contributed by atoms with E-state index >= 15 is 0 Å². The molecule has 1 aromatic carbocycles. The third kappa shape index (κ3) is 3.30. The average molecular weight is 260 g/mol. The van der Waals surface area contributed by atoms with Crippen molar-refractivity contribution in [3.8, 4) is 0 Å². The quantitative estimate of drug-likeness (QED) is 0.892. The molecule has 19 heavy (non-hydrogen) atoms. The van der Waals surface area contributed by atoms with Gasteiger partial charge in [0, 0.05) is 17.8 Å². The Morgan fingerprint density at radius 3 is 2.47 bits per heavy atom. The van der Waals surface area contributed by atoms with Crippen LogP contribution in [0.5, 0.6) is 0 Å². The normalized spacial score (nSPS) is 22.5. The summed E-state index contributed by atoms with van der Waals surface area (Å²) in [5.41, 5.74) is 3.06. The summed E-state index contributed by atoms with van der Waals surface area (Å²) in [6, 6.07) is 9.12. The number of rotatable bonds is 4. The standard InChI is InChI=1S/C17H28N2/c1-5-14-6-8-16(9-7-14)19-11-10-15(13-18-4)12-17(19,2)3/h6-9,15,18H,5,10-13H2,1-4H3. The lowest BCUT2D eigenvalue weighted by Crippen LogP contribution is -2.51. The predicted molar refractivity (Wildman–Crippen MR) is 83.9 cm³/mol. The van der Waals surface area contributed by atoms with E-state index in [1.54, 1.807) is 0 Å². The topological polar surface area (TPSA) is 15.3 Å². The van der Waals surface area contributed by atoms with E-state index < -0.39 is 0 Å². The molecule has 2 nitrogen and oxygen atoms in total. The van der Waals surface area contributed by atoms with Crippen LogP contribution in [0.4, 0.5) is 5.69 Å². The van der Waals surface area contributed by atoms with Gasteiger partial charge in [0.15, 0.2) is 0 Å². The van der Waals surface area contributed by atoms with Gasteiger partial charge in [-0.05, 0) is 70.3 Å². The smallest absolute Gasteiger partial charge is 0.0370 e. The summed E-state index contributed by atoms with van der Waals surface area (Å²) >= 11 is 0. The number of hydrogen-bond donors (Lipinski definition) is 1. The van der Waals surface area contributed by atoms with Crippen LogP contribution in [0.15, 0.2) is 24.3 Å². The first-order valence-corrected chi connectivity index (χ1v) is 7.58. The van der Waals surface area contributed by atoms with E-state index in [2.05, 4.69) is 62.3 Å². The number of anilines is 1. The molecule has 1 heterocycles. The second-order valence-corrected chi connectivity index (χ2v) is 6.40. The van der Waals surface area contributed by atoms with Crippen molar-refractivity contribution in [3.63, 3.8) is 0 Å². The molecule has 0 aliphatic carbocycles. The maximum Gasteiger partial charge on any atom is 0.0370 e. The van der Waals surface area contributed by atoms with Crippen molar-refractivity contribution in [2.75, 3.05) is 25.0 Å². The molecule has 1 fully saturated rings. The molecule has 1 aliphatic rings. The fraction of sp³-hybridized carbons (Fsp3) is 0.647. The molecule has 2 rings (SSSR count). The Morgan fingerprint density at radius 1 is 1.26 bits per heavy atom. The van der Waals surface area contributed by atoms with Gasteiger partial charge in [0.25, 0.3) is 0 Å². The van der Waals surface area contributed by atoms with Gasteiger partial charge >= 0.3 is 0 Å². The molecule has 1 aromatic rings. The van der Waals surface area contributed by atoms with Crippen LogP contribution in [0.1, 0.15) is 39.2 Å². The molecule has 106 valence electrons. The Balaban J connectivity index is 2.11. The molecule has 0 radical (unpaired) electrons. The molecular weight excluding hydrogens is 232 g/mol. The molecular formula is C17H28N2. The van der Waals surface area contributed by atoms with E-state index in [1.807, 2.05) is 0 Å². The van der Waals surface area contributed by atoms with Crippen molar-refractivity contribution >= 4 is 5.69 Å². The zero-order chi connectivity index (χ0) is 13.9. The second kappa shape index (κ2) is 5.96. The average Bonchev–Trinajstić information content (AvgIpc) is 2.38. The van der Waals surface area contributed by atoms with E-state index in [4.69, 9.17) is 0 Å². The van der Waals surface area contributed by atoms with E-state index in [1.165, 1.54) is 30.6 Å². The number of aryl methyl sites for hydroxylation is 1. The first-order chi connectivity index (χ1) is 9.06. The van der Waals surface area contributed by atoms with Crippen LogP contribution >= 0.6 is 0 Å². The van der Waals surface area contributed by atoms with Gasteiger partial charge in [-0.3, -0.25) is 0 Å². The largest absolute Gasteiger partial charge is 0.366 e. The Labute approximate surface area is 118 Å². The van der Waals surface area contributed by atoms with Crippen LogP contribution < -0.4 is 10.2 Å². The van der Waals surface area contributed by atoms with Crippen molar-refractivity contribution in [3.05, 3.63) is 29.8 Å². The number of piperidine rings is 1. The summed E-state index contributed by atoms with van der Waals surface area (Å²) in [7, 11) is 2.06. The maximum atomic E-state index is 3.33. The lowest BCUT2D eigenvalue weighted by Gasteiger charge is -2.47. The number of nitrogens with zero attached hydrogens (tertiary/aromatic N) is 1. The van der Waals surface area contributed by atoms with Crippen molar-refractivity contribution < 1.29 is 0 Å². The van der Waals surface area contributed by atoms with Crippen molar-refractivity contribution in [2.45, 2.75) is 45.6 Å². The Morgan fingerprint density at radius 2 is 1.95 bits per heavy atom. The lowest BCUT2D eigenvalue weighted by molar-refractivity contribution is 0.270. The molecule has 2 heteroatoms. The lowest BCUT2D eigenvalue weighted by atomic mass is 9.82. The van der Waals surface area contributed by atoms with Gasteiger partial charge in [-0.2, -0.15) is 0 Å². The number of benzene rings is 1. The van der Waals surface area contributed by atoms with Gasteiger partial charge in [-0.25, -0.2) is 0 Å². The maximum absolute atomic E-state index is 3.33. The summed E-state index contributed by atoms with van der Waals surface area (Å²) < 4.78 is 0. The van der Waals surface area contributed by atoms with Crippen LogP contribution in [-0.2, 0) is 6.42 Å².